The minimum absolute atomic E-state index is 0.0305. The number of hydrogen-bond donors (Lipinski definition) is 0. The first-order valence-electron chi connectivity index (χ1n) is 7.36. The van der Waals surface area contributed by atoms with Crippen LogP contribution in [-0.2, 0) is 32.2 Å². The Labute approximate surface area is 143 Å². The third-order valence-electron chi connectivity index (χ3n) is 3.85. The second-order valence-corrected chi connectivity index (χ2v) is 8.93. The molecule has 0 N–H and O–H groups in total. The van der Waals surface area contributed by atoms with E-state index in [1.807, 2.05) is 12.1 Å². The molecule has 5 nitrogen and oxygen atoms in total. The Hall–Kier alpha value is -1.83. The van der Waals surface area contributed by atoms with Crippen molar-refractivity contribution in [2.24, 2.45) is 0 Å². The SMILES string of the molecule is CCOC(=O)c1cc(S(C)(=O)=O)cc2c1Cc1ccccc1[S+]2[O-]. The summed E-state index contributed by atoms with van der Waals surface area (Å²) in [7, 11) is -3.55. The number of carbonyl (C=O) groups excluding carboxylic acids is 1. The number of benzene rings is 2. The molecule has 0 radical (unpaired) electrons. The van der Waals surface area contributed by atoms with Gasteiger partial charge in [-0.1, -0.05) is 18.2 Å². The molecule has 24 heavy (non-hydrogen) atoms. The van der Waals surface area contributed by atoms with Crippen LogP contribution in [0.5, 0.6) is 0 Å². The summed E-state index contributed by atoms with van der Waals surface area (Å²) in [4.78, 5) is 13.3. The maximum absolute atomic E-state index is 12.9. The van der Waals surface area contributed by atoms with Gasteiger partial charge >= 0.3 is 5.97 Å². The number of sulfone groups is 1. The van der Waals surface area contributed by atoms with E-state index in [9.17, 15) is 17.8 Å². The van der Waals surface area contributed by atoms with Gasteiger partial charge in [0.25, 0.3) is 0 Å². The van der Waals surface area contributed by atoms with Crippen LogP contribution < -0.4 is 0 Å². The molecule has 0 fully saturated rings. The number of esters is 1. The first-order chi connectivity index (χ1) is 11.3. The van der Waals surface area contributed by atoms with Gasteiger partial charge in [-0.2, -0.15) is 0 Å². The standard InChI is InChI=1S/C17H16O5S2/c1-3-22-17(18)14-9-12(24(2,20)21)10-16-13(14)8-11-6-4-5-7-15(11)23(16)19/h4-7,9-10H,3,8H2,1-2H3. The van der Waals surface area contributed by atoms with E-state index in [1.165, 1.54) is 12.1 Å². The number of ether oxygens (including phenoxy) is 1. The molecule has 7 heteroatoms. The number of fused-ring (bicyclic) bond motifs is 2. The van der Waals surface area contributed by atoms with E-state index in [2.05, 4.69) is 0 Å². The van der Waals surface area contributed by atoms with E-state index in [4.69, 9.17) is 4.74 Å². The van der Waals surface area contributed by atoms with Gasteiger partial charge < -0.3 is 9.29 Å². The highest BCUT2D eigenvalue weighted by Gasteiger charge is 2.33. The Bertz CT molecular complexity index is 919. The van der Waals surface area contributed by atoms with E-state index >= 15 is 0 Å². The molecular formula is C17H16O5S2. The fraction of sp³-hybridized carbons (Fsp3) is 0.235. The third-order valence-corrected chi connectivity index (χ3v) is 6.50. The number of rotatable bonds is 3. The molecule has 1 atom stereocenters. The molecule has 1 unspecified atom stereocenters. The molecule has 0 saturated heterocycles. The quantitative estimate of drug-likeness (QED) is 0.617. The fourth-order valence-electron chi connectivity index (χ4n) is 2.71. The topological polar surface area (TPSA) is 83.5 Å². The zero-order chi connectivity index (χ0) is 17.5. The molecule has 1 aliphatic rings. The Morgan fingerprint density at radius 1 is 1.25 bits per heavy atom. The van der Waals surface area contributed by atoms with Crippen LogP contribution in [0.25, 0.3) is 0 Å². The van der Waals surface area contributed by atoms with Crippen LogP contribution in [0.3, 0.4) is 0 Å². The van der Waals surface area contributed by atoms with Crippen molar-refractivity contribution in [3.8, 4) is 0 Å². The zero-order valence-corrected chi connectivity index (χ0v) is 14.9. The molecule has 0 saturated carbocycles. The highest BCUT2D eigenvalue weighted by Crippen LogP contribution is 2.37. The summed E-state index contributed by atoms with van der Waals surface area (Å²) in [5.74, 6) is -0.601. The van der Waals surface area contributed by atoms with Crippen molar-refractivity contribution in [2.75, 3.05) is 12.9 Å². The van der Waals surface area contributed by atoms with Gasteiger partial charge in [-0.25, -0.2) is 13.2 Å². The molecule has 1 aliphatic heterocycles. The summed E-state index contributed by atoms with van der Waals surface area (Å²) in [6.45, 7) is 1.86. The molecule has 0 bridgehead atoms. The van der Waals surface area contributed by atoms with Crippen LogP contribution in [0.2, 0.25) is 0 Å². The molecule has 126 valence electrons. The normalized spacial score (nSPS) is 16.2. The lowest BCUT2D eigenvalue weighted by Gasteiger charge is -2.23. The minimum atomic E-state index is -3.55. The first-order valence-corrected chi connectivity index (χ1v) is 10.4. The lowest BCUT2D eigenvalue weighted by atomic mass is 9.99. The summed E-state index contributed by atoms with van der Waals surface area (Å²) in [6.07, 6.45) is 1.47. The Balaban J connectivity index is 2.25. The Morgan fingerprint density at radius 3 is 2.62 bits per heavy atom. The highest BCUT2D eigenvalue weighted by molar-refractivity contribution is 7.92. The molecule has 0 spiro atoms. The maximum Gasteiger partial charge on any atom is 0.338 e. The highest BCUT2D eigenvalue weighted by atomic mass is 32.2. The van der Waals surface area contributed by atoms with E-state index in [0.717, 1.165) is 11.8 Å². The molecule has 2 aromatic carbocycles. The van der Waals surface area contributed by atoms with Gasteiger partial charge in [0.1, 0.15) is 0 Å². The number of carbonyl (C=O) groups is 1. The van der Waals surface area contributed by atoms with E-state index in [1.54, 1.807) is 19.1 Å². The smallest absolute Gasteiger partial charge is 0.338 e. The van der Waals surface area contributed by atoms with Crippen molar-refractivity contribution in [3.05, 3.63) is 53.1 Å². The molecule has 0 aromatic heterocycles. The molecule has 2 aromatic rings. The second-order valence-electron chi connectivity index (χ2n) is 5.49. The van der Waals surface area contributed by atoms with Gasteiger partial charge in [0.15, 0.2) is 19.6 Å². The summed E-state index contributed by atoms with van der Waals surface area (Å²) in [5.41, 5.74) is 1.59. The summed E-state index contributed by atoms with van der Waals surface area (Å²) in [6, 6.07) is 9.96. The summed E-state index contributed by atoms with van der Waals surface area (Å²) >= 11 is -1.54. The van der Waals surface area contributed by atoms with Crippen LogP contribution in [0.15, 0.2) is 51.1 Å². The van der Waals surface area contributed by atoms with Gasteiger partial charge in [-0.3, -0.25) is 0 Å². The van der Waals surface area contributed by atoms with Crippen LogP contribution in [-0.4, -0.2) is 31.8 Å². The van der Waals surface area contributed by atoms with Gasteiger partial charge in [0, 0.05) is 41.0 Å². The average Bonchev–Trinajstić information content (AvgIpc) is 2.53. The third kappa shape index (κ3) is 2.94. The lowest BCUT2D eigenvalue weighted by molar-refractivity contribution is 0.0524. The first kappa shape index (κ1) is 17.0. The van der Waals surface area contributed by atoms with Crippen LogP contribution in [0, 0.1) is 0 Å². The number of hydrogen-bond acceptors (Lipinski definition) is 5. The Kier molecular flexibility index (Phi) is 4.42. The molecular weight excluding hydrogens is 348 g/mol. The van der Waals surface area contributed by atoms with Gasteiger partial charge in [0.2, 0.25) is 0 Å². The van der Waals surface area contributed by atoms with Gasteiger partial charge in [0.05, 0.1) is 17.1 Å². The van der Waals surface area contributed by atoms with Crippen molar-refractivity contribution < 1.29 is 22.5 Å². The summed E-state index contributed by atoms with van der Waals surface area (Å²) in [5, 5.41) is 0. The van der Waals surface area contributed by atoms with Crippen LogP contribution in [0.4, 0.5) is 0 Å². The predicted molar refractivity (Wildman–Crippen MR) is 89.4 cm³/mol. The molecule has 1 heterocycles. The van der Waals surface area contributed by atoms with E-state index < -0.39 is 27.0 Å². The minimum Gasteiger partial charge on any atom is -0.606 e. The predicted octanol–water partition coefficient (Wildman–Crippen LogP) is 2.34. The van der Waals surface area contributed by atoms with Crippen molar-refractivity contribution in [1.29, 1.82) is 0 Å². The van der Waals surface area contributed by atoms with Crippen molar-refractivity contribution >= 4 is 27.0 Å². The molecule has 3 rings (SSSR count). The fourth-order valence-corrected chi connectivity index (χ4v) is 4.91. The van der Waals surface area contributed by atoms with Crippen molar-refractivity contribution in [1.82, 2.24) is 0 Å². The lowest BCUT2D eigenvalue weighted by Crippen LogP contribution is -2.20. The maximum atomic E-state index is 12.9. The second kappa shape index (κ2) is 6.23. The average molecular weight is 364 g/mol. The van der Waals surface area contributed by atoms with Crippen molar-refractivity contribution in [3.63, 3.8) is 0 Å². The molecule has 0 amide bonds. The van der Waals surface area contributed by atoms with Crippen LogP contribution >= 0.6 is 0 Å². The van der Waals surface area contributed by atoms with Crippen molar-refractivity contribution in [2.45, 2.75) is 28.0 Å². The van der Waals surface area contributed by atoms with Gasteiger partial charge in [-0.15, -0.1) is 0 Å². The molecule has 0 aliphatic carbocycles. The van der Waals surface area contributed by atoms with E-state index in [-0.39, 0.29) is 17.1 Å². The van der Waals surface area contributed by atoms with Crippen LogP contribution in [0.1, 0.15) is 28.4 Å². The van der Waals surface area contributed by atoms with Gasteiger partial charge in [-0.05, 0) is 19.1 Å². The zero-order valence-electron chi connectivity index (χ0n) is 13.2. The monoisotopic (exact) mass is 364 g/mol. The summed E-state index contributed by atoms with van der Waals surface area (Å²) < 4.78 is 41.8. The van der Waals surface area contributed by atoms with E-state index in [0.29, 0.717) is 21.8 Å². The largest absolute Gasteiger partial charge is 0.606 e. The Morgan fingerprint density at radius 2 is 1.96 bits per heavy atom.